The smallest absolute Gasteiger partial charge is 0.320 e. The van der Waals surface area contributed by atoms with E-state index >= 15 is 0 Å². The minimum atomic E-state index is -0.812. The van der Waals surface area contributed by atoms with Crippen LogP contribution < -0.4 is 0 Å². The summed E-state index contributed by atoms with van der Waals surface area (Å²) in [6.45, 7) is 5.92. The molecule has 1 heterocycles. The number of hydrogen-bond donors (Lipinski definition) is 1. The molecule has 90 valence electrons. The van der Waals surface area contributed by atoms with E-state index in [0.29, 0.717) is 26.2 Å². The standard InChI is InChI=1S/C11H18N2O3/c1-3-4-10(14)13-7-5-12(6-8-13)9(2)11(15)16/h3-4,9H,5-8H2,1-2H3,(H,15,16). The van der Waals surface area contributed by atoms with Gasteiger partial charge < -0.3 is 10.0 Å². The number of aliphatic carboxylic acids is 1. The molecule has 1 aliphatic heterocycles. The van der Waals surface area contributed by atoms with Crippen LogP contribution in [0.15, 0.2) is 12.2 Å². The van der Waals surface area contributed by atoms with Gasteiger partial charge in [0.1, 0.15) is 6.04 Å². The summed E-state index contributed by atoms with van der Waals surface area (Å²) in [6.07, 6.45) is 3.25. The number of nitrogens with zero attached hydrogens (tertiary/aromatic N) is 2. The molecule has 0 spiro atoms. The van der Waals surface area contributed by atoms with Crippen LogP contribution in [-0.4, -0.2) is 59.0 Å². The minimum absolute atomic E-state index is 0.00475. The van der Waals surface area contributed by atoms with E-state index < -0.39 is 12.0 Å². The molecule has 1 aliphatic rings. The topological polar surface area (TPSA) is 60.9 Å². The summed E-state index contributed by atoms with van der Waals surface area (Å²) in [7, 11) is 0. The first-order valence-corrected chi connectivity index (χ1v) is 5.44. The third-order valence-corrected chi connectivity index (χ3v) is 2.84. The summed E-state index contributed by atoms with van der Waals surface area (Å²) >= 11 is 0. The van der Waals surface area contributed by atoms with Crippen molar-refractivity contribution in [2.45, 2.75) is 19.9 Å². The van der Waals surface area contributed by atoms with E-state index in [2.05, 4.69) is 0 Å². The number of piperazine rings is 1. The molecule has 0 aromatic carbocycles. The van der Waals surface area contributed by atoms with Gasteiger partial charge in [-0.05, 0) is 19.9 Å². The van der Waals surface area contributed by atoms with E-state index in [4.69, 9.17) is 5.11 Å². The Morgan fingerprint density at radius 2 is 1.81 bits per heavy atom. The van der Waals surface area contributed by atoms with Crippen molar-refractivity contribution in [2.24, 2.45) is 0 Å². The Morgan fingerprint density at radius 3 is 2.25 bits per heavy atom. The second-order valence-corrected chi connectivity index (χ2v) is 3.88. The summed E-state index contributed by atoms with van der Waals surface area (Å²) in [5.41, 5.74) is 0. The molecule has 1 atom stereocenters. The highest BCUT2D eigenvalue weighted by atomic mass is 16.4. The van der Waals surface area contributed by atoms with E-state index in [-0.39, 0.29) is 5.91 Å². The largest absolute Gasteiger partial charge is 0.480 e. The number of carboxylic acid groups (broad SMARTS) is 1. The molecule has 0 aliphatic carbocycles. The first-order chi connectivity index (χ1) is 7.56. The van der Waals surface area contributed by atoms with Gasteiger partial charge in [-0.1, -0.05) is 6.08 Å². The Bertz CT molecular complexity index is 294. The maximum absolute atomic E-state index is 11.5. The molecule has 1 unspecified atom stereocenters. The molecule has 0 aromatic rings. The third-order valence-electron chi connectivity index (χ3n) is 2.84. The number of rotatable bonds is 3. The van der Waals surface area contributed by atoms with Crippen molar-refractivity contribution < 1.29 is 14.7 Å². The summed E-state index contributed by atoms with van der Waals surface area (Å²) < 4.78 is 0. The molecule has 0 aromatic heterocycles. The van der Waals surface area contributed by atoms with Crippen LogP contribution in [0, 0.1) is 0 Å². The normalized spacial score (nSPS) is 20.0. The number of carbonyl (C=O) groups excluding carboxylic acids is 1. The summed E-state index contributed by atoms with van der Waals surface area (Å²) in [5.74, 6) is -0.807. The summed E-state index contributed by atoms with van der Waals surface area (Å²) in [4.78, 5) is 25.9. The van der Waals surface area contributed by atoms with E-state index in [1.807, 2.05) is 4.90 Å². The average molecular weight is 226 g/mol. The van der Waals surface area contributed by atoms with Gasteiger partial charge in [0.15, 0.2) is 0 Å². The highest BCUT2D eigenvalue weighted by Gasteiger charge is 2.26. The number of amides is 1. The maximum Gasteiger partial charge on any atom is 0.320 e. The summed E-state index contributed by atoms with van der Waals surface area (Å²) in [6, 6.07) is -0.473. The molecule has 1 amide bonds. The second-order valence-electron chi connectivity index (χ2n) is 3.88. The van der Waals surface area contributed by atoms with Crippen molar-refractivity contribution in [2.75, 3.05) is 26.2 Å². The van der Waals surface area contributed by atoms with Crippen molar-refractivity contribution in [3.8, 4) is 0 Å². The van der Waals surface area contributed by atoms with Crippen LogP contribution in [0.25, 0.3) is 0 Å². The van der Waals surface area contributed by atoms with Gasteiger partial charge in [0.2, 0.25) is 5.91 Å². The van der Waals surface area contributed by atoms with Crippen LogP contribution in [0.2, 0.25) is 0 Å². The molecule has 16 heavy (non-hydrogen) atoms. The van der Waals surface area contributed by atoms with Gasteiger partial charge in [-0.25, -0.2) is 0 Å². The van der Waals surface area contributed by atoms with Gasteiger partial charge in [-0.2, -0.15) is 0 Å². The molecular formula is C11H18N2O3. The highest BCUT2D eigenvalue weighted by molar-refractivity contribution is 5.87. The van der Waals surface area contributed by atoms with E-state index in [1.54, 1.807) is 24.8 Å². The molecule has 0 bridgehead atoms. The fraction of sp³-hybridized carbons (Fsp3) is 0.636. The number of carboxylic acids is 1. The predicted molar refractivity (Wildman–Crippen MR) is 60.1 cm³/mol. The van der Waals surface area contributed by atoms with Gasteiger partial charge in [-0.3, -0.25) is 14.5 Å². The zero-order valence-corrected chi connectivity index (χ0v) is 9.72. The molecule has 1 N–H and O–H groups in total. The van der Waals surface area contributed by atoms with Gasteiger partial charge >= 0.3 is 5.97 Å². The lowest BCUT2D eigenvalue weighted by Crippen LogP contribution is -2.52. The van der Waals surface area contributed by atoms with Crippen LogP contribution in [0.4, 0.5) is 0 Å². The van der Waals surface area contributed by atoms with Crippen LogP contribution >= 0.6 is 0 Å². The monoisotopic (exact) mass is 226 g/mol. The molecule has 0 saturated carbocycles. The SMILES string of the molecule is CC=CC(=O)N1CCN(C(C)C(=O)O)CC1. The van der Waals surface area contributed by atoms with E-state index in [1.165, 1.54) is 6.08 Å². The van der Waals surface area contributed by atoms with Crippen molar-refractivity contribution in [1.29, 1.82) is 0 Å². The zero-order chi connectivity index (χ0) is 12.1. The summed E-state index contributed by atoms with van der Waals surface area (Å²) in [5, 5.41) is 8.86. The zero-order valence-electron chi connectivity index (χ0n) is 9.72. The van der Waals surface area contributed by atoms with Crippen LogP contribution in [0.3, 0.4) is 0 Å². The lowest BCUT2D eigenvalue weighted by molar-refractivity contribution is -0.143. The quantitative estimate of drug-likeness (QED) is 0.697. The van der Waals surface area contributed by atoms with Crippen LogP contribution in [0.1, 0.15) is 13.8 Å². The van der Waals surface area contributed by atoms with Crippen LogP contribution in [-0.2, 0) is 9.59 Å². The Balaban J connectivity index is 2.45. The van der Waals surface area contributed by atoms with E-state index in [0.717, 1.165) is 0 Å². The molecule has 1 fully saturated rings. The molecular weight excluding hydrogens is 208 g/mol. The molecule has 5 heteroatoms. The fourth-order valence-electron chi connectivity index (χ4n) is 1.73. The minimum Gasteiger partial charge on any atom is -0.480 e. The number of carbonyl (C=O) groups is 2. The Labute approximate surface area is 95.3 Å². The molecule has 1 rings (SSSR count). The lowest BCUT2D eigenvalue weighted by Gasteiger charge is -2.36. The van der Waals surface area contributed by atoms with Crippen molar-refractivity contribution in [1.82, 2.24) is 9.80 Å². The number of hydrogen-bond acceptors (Lipinski definition) is 3. The van der Waals surface area contributed by atoms with Gasteiger partial charge in [0.25, 0.3) is 0 Å². The second kappa shape index (κ2) is 5.65. The van der Waals surface area contributed by atoms with Gasteiger partial charge in [-0.15, -0.1) is 0 Å². The Hall–Kier alpha value is -1.36. The molecule has 5 nitrogen and oxygen atoms in total. The third kappa shape index (κ3) is 3.06. The van der Waals surface area contributed by atoms with Crippen molar-refractivity contribution in [3.63, 3.8) is 0 Å². The fourth-order valence-corrected chi connectivity index (χ4v) is 1.73. The van der Waals surface area contributed by atoms with Crippen molar-refractivity contribution >= 4 is 11.9 Å². The van der Waals surface area contributed by atoms with Gasteiger partial charge in [0, 0.05) is 26.2 Å². The highest BCUT2D eigenvalue weighted by Crippen LogP contribution is 2.07. The molecule has 1 saturated heterocycles. The van der Waals surface area contributed by atoms with Crippen LogP contribution in [0.5, 0.6) is 0 Å². The Kier molecular flexibility index (Phi) is 4.49. The van der Waals surface area contributed by atoms with E-state index in [9.17, 15) is 9.59 Å². The lowest BCUT2D eigenvalue weighted by atomic mass is 10.2. The maximum atomic E-state index is 11.5. The predicted octanol–water partition coefficient (Wildman–Crippen LogP) is 0.180. The molecule has 0 radical (unpaired) electrons. The van der Waals surface area contributed by atoms with Gasteiger partial charge in [0.05, 0.1) is 0 Å². The number of allylic oxidation sites excluding steroid dienone is 1. The Morgan fingerprint density at radius 1 is 1.25 bits per heavy atom. The first-order valence-electron chi connectivity index (χ1n) is 5.44. The van der Waals surface area contributed by atoms with Crippen molar-refractivity contribution in [3.05, 3.63) is 12.2 Å². The first kappa shape index (κ1) is 12.7. The average Bonchev–Trinajstić information content (AvgIpc) is 2.28.